The van der Waals surface area contributed by atoms with Crippen molar-refractivity contribution in [3.63, 3.8) is 0 Å². The molecule has 76 valence electrons. The van der Waals surface area contributed by atoms with Crippen molar-refractivity contribution < 1.29 is 4.79 Å². The lowest BCUT2D eigenvalue weighted by atomic mass is 9.83. The first kappa shape index (κ1) is 10.7. The van der Waals surface area contributed by atoms with E-state index in [1.807, 2.05) is 0 Å². The van der Waals surface area contributed by atoms with Gasteiger partial charge in [0.25, 0.3) is 0 Å². The van der Waals surface area contributed by atoms with E-state index in [1.54, 1.807) is 0 Å². The zero-order valence-electron chi connectivity index (χ0n) is 9.13. The zero-order chi connectivity index (χ0) is 10.0. The number of hydrogen-bond acceptors (Lipinski definition) is 2. The molecule has 1 saturated heterocycles. The maximum Gasteiger partial charge on any atom is 0.140 e. The number of Topliss-reactive ketones (excluding diaryl/α,β-unsaturated/α-hetero) is 1. The van der Waals surface area contributed by atoms with Gasteiger partial charge in [0, 0.05) is 17.9 Å². The van der Waals surface area contributed by atoms with Crippen molar-refractivity contribution in [2.24, 2.45) is 17.8 Å². The summed E-state index contributed by atoms with van der Waals surface area (Å²) in [6.45, 7) is 9.41. The van der Waals surface area contributed by atoms with Crippen LogP contribution in [-0.2, 0) is 4.79 Å². The third kappa shape index (κ3) is 2.31. The molecule has 1 fully saturated rings. The SMILES string of the molecule is CC(C)C(C)C(=O)C1CCNC1C. The van der Waals surface area contributed by atoms with Gasteiger partial charge < -0.3 is 5.32 Å². The molecule has 0 aromatic heterocycles. The van der Waals surface area contributed by atoms with Crippen LogP contribution < -0.4 is 5.32 Å². The Kier molecular flexibility index (Phi) is 3.48. The number of carbonyl (C=O) groups excluding carboxylic acids is 1. The lowest BCUT2D eigenvalue weighted by Crippen LogP contribution is -2.32. The summed E-state index contributed by atoms with van der Waals surface area (Å²) in [7, 11) is 0. The molecule has 0 aromatic rings. The smallest absolute Gasteiger partial charge is 0.140 e. The fourth-order valence-corrected chi connectivity index (χ4v) is 1.91. The highest BCUT2D eigenvalue weighted by Crippen LogP contribution is 2.23. The average molecular weight is 183 g/mol. The lowest BCUT2D eigenvalue weighted by molar-refractivity contribution is -0.127. The molecular formula is C11H21NO. The Morgan fingerprint density at radius 1 is 1.38 bits per heavy atom. The van der Waals surface area contributed by atoms with E-state index in [4.69, 9.17) is 0 Å². The summed E-state index contributed by atoms with van der Waals surface area (Å²) in [4.78, 5) is 12.0. The molecule has 0 amide bonds. The van der Waals surface area contributed by atoms with Crippen LogP contribution in [0.4, 0.5) is 0 Å². The van der Waals surface area contributed by atoms with E-state index in [1.165, 1.54) is 0 Å². The monoisotopic (exact) mass is 183 g/mol. The molecule has 1 rings (SSSR count). The highest BCUT2D eigenvalue weighted by atomic mass is 16.1. The molecule has 1 aliphatic rings. The van der Waals surface area contributed by atoms with Gasteiger partial charge in [-0.25, -0.2) is 0 Å². The predicted octanol–water partition coefficient (Wildman–Crippen LogP) is 1.85. The van der Waals surface area contributed by atoms with Crippen molar-refractivity contribution >= 4 is 5.78 Å². The molecule has 0 bridgehead atoms. The van der Waals surface area contributed by atoms with E-state index in [0.29, 0.717) is 17.7 Å². The molecule has 13 heavy (non-hydrogen) atoms. The third-order valence-electron chi connectivity index (χ3n) is 3.34. The van der Waals surface area contributed by atoms with Crippen LogP contribution in [0, 0.1) is 17.8 Å². The molecule has 2 heteroatoms. The first-order valence-corrected chi connectivity index (χ1v) is 5.31. The van der Waals surface area contributed by atoms with E-state index >= 15 is 0 Å². The van der Waals surface area contributed by atoms with Gasteiger partial charge in [-0.15, -0.1) is 0 Å². The van der Waals surface area contributed by atoms with Crippen LogP contribution in [0.1, 0.15) is 34.1 Å². The molecule has 0 radical (unpaired) electrons. The second kappa shape index (κ2) is 4.23. The largest absolute Gasteiger partial charge is 0.314 e. The van der Waals surface area contributed by atoms with Crippen LogP contribution in [0.25, 0.3) is 0 Å². The van der Waals surface area contributed by atoms with E-state index < -0.39 is 0 Å². The van der Waals surface area contributed by atoms with Gasteiger partial charge in [-0.2, -0.15) is 0 Å². The minimum absolute atomic E-state index is 0.215. The van der Waals surface area contributed by atoms with E-state index in [9.17, 15) is 4.79 Å². The summed E-state index contributed by atoms with van der Waals surface area (Å²) in [5.41, 5.74) is 0. The Morgan fingerprint density at radius 2 is 2.00 bits per heavy atom. The predicted molar refractivity (Wildman–Crippen MR) is 54.6 cm³/mol. The van der Waals surface area contributed by atoms with Gasteiger partial charge >= 0.3 is 0 Å². The van der Waals surface area contributed by atoms with Crippen molar-refractivity contribution in [1.82, 2.24) is 5.32 Å². The van der Waals surface area contributed by atoms with E-state index in [-0.39, 0.29) is 11.8 Å². The minimum Gasteiger partial charge on any atom is -0.314 e. The normalized spacial score (nSPS) is 30.8. The quantitative estimate of drug-likeness (QED) is 0.723. The second-order valence-electron chi connectivity index (χ2n) is 4.57. The van der Waals surface area contributed by atoms with Gasteiger partial charge in [0.2, 0.25) is 0 Å². The number of rotatable bonds is 3. The molecule has 2 nitrogen and oxygen atoms in total. The third-order valence-corrected chi connectivity index (χ3v) is 3.34. The van der Waals surface area contributed by atoms with Crippen molar-refractivity contribution in [2.75, 3.05) is 6.54 Å². The maximum absolute atomic E-state index is 12.0. The molecule has 0 spiro atoms. The van der Waals surface area contributed by atoms with Crippen molar-refractivity contribution in [2.45, 2.75) is 40.2 Å². The first-order chi connectivity index (χ1) is 6.04. The number of hydrogen-bond donors (Lipinski definition) is 1. The molecule has 3 unspecified atom stereocenters. The Labute approximate surface area is 81.1 Å². The topological polar surface area (TPSA) is 29.1 Å². The lowest BCUT2D eigenvalue weighted by Gasteiger charge is -2.21. The molecule has 1 heterocycles. The number of carbonyl (C=O) groups is 1. The zero-order valence-corrected chi connectivity index (χ0v) is 9.13. The number of ketones is 1. The fraction of sp³-hybridized carbons (Fsp3) is 0.909. The summed E-state index contributed by atoms with van der Waals surface area (Å²) >= 11 is 0. The summed E-state index contributed by atoms with van der Waals surface area (Å²) in [6.07, 6.45) is 1.02. The second-order valence-corrected chi connectivity index (χ2v) is 4.57. The Morgan fingerprint density at radius 3 is 2.38 bits per heavy atom. The van der Waals surface area contributed by atoms with Gasteiger partial charge in [-0.1, -0.05) is 20.8 Å². The highest BCUT2D eigenvalue weighted by Gasteiger charge is 2.32. The first-order valence-electron chi connectivity index (χ1n) is 5.31. The fourth-order valence-electron chi connectivity index (χ4n) is 1.91. The van der Waals surface area contributed by atoms with Crippen LogP contribution in [-0.4, -0.2) is 18.4 Å². The molecule has 1 N–H and O–H groups in total. The average Bonchev–Trinajstić information content (AvgIpc) is 2.48. The molecule has 0 saturated carbocycles. The minimum atomic E-state index is 0.215. The Bertz CT molecular complexity index is 189. The summed E-state index contributed by atoms with van der Waals surface area (Å²) in [6, 6.07) is 0.383. The summed E-state index contributed by atoms with van der Waals surface area (Å²) in [5, 5.41) is 3.32. The molecular weight excluding hydrogens is 162 g/mol. The van der Waals surface area contributed by atoms with Crippen molar-refractivity contribution in [3.05, 3.63) is 0 Å². The molecule has 1 aliphatic heterocycles. The number of nitrogens with one attached hydrogen (secondary N) is 1. The van der Waals surface area contributed by atoms with Gasteiger partial charge in [-0.3, -0.25) is 4.79 Å². The van der Waals surface area contributed by atoms with Crippen LogP contribution in [0.5, 0.6) is 0 Å². The van der Waals surface area contributed by atoms with E-state index in [2.05, 4.69) is 33.0 Å². The van der Waals surface area contributed by atoms with Gasteiger partial charge in [0.1, 0.15) is 5.78 Å². The standard InChI is InChI=1S/C11H21NO/c1-7(2)8(3)11(13)10-5-6-12-9(10)4/h7-10,12H,5-6H2,1-4H3. The Hall–Kier alpha value is -0.370. The molecule has 3 atom stereocenters. The van der Waals surface area contributed by atoms with Crippen LogP contribution in [0.2, 0.25) is 0 Å². The highest BCUT2D eigenvalue weighted by molar-refractivity contribution is 5.84. The van der Waals surface area contributed by atoms with Crippen LogP contribution >= 0.6 is 0 Å². The van der Waals surface area contributed by atoms with Crippen molar-refractivity contribution in [3.8, 4) is 0 Å². The van der Waals surface area contributed by atoms with Gasteiger partial charge in [0.05, 0.1) is 0 Å². The van der Waals surface area contributed by atoms with Crippen LogP contribution in [0.3, 0.4) is 0 Å². The molecule has 0 aromatic carbocycles. The maximum atomic E-state index is 12.0. The van der Waals surface area contributed by atoms with Crippen molar-refractivity contribution in [1.29, 1.82) is 0 Å². The van der Waals surface area contributed by atoms with E-state index in [0.717, 1.165) is 13.0 Å². The Balaban J connectivity index is 2.56. The summed E-state index contributed by atoms with van der Waals surface area (Å²) < 4.78 is 0. The van der Waals surface area contributed by atoms with Gasteiger partial charge in [0.15, 0.2) is 0 Å². The molecule has 0 aliphatic carbocycles. The summed E-state index contributed by atoms with van der Waals surface area (Å²) in [5.74, 6) is 1.40. The van der Waals surface area contributed by atoms with Crippen LogP contribution in [0.15, 0.2) is 0 Å². The van der Waals surface area contributed by atoms with Gasteiger partial charge in [-0.05, 0) is 25.8 Å².